The third kappa shape index (κ3) is 3.85. The molecule has 142 valence electrons. The van der Waals surface area contributed by atoms with E-state index in [4.69, 9.17) is 21.1 Å². The van der Waals surface area contributed by atoms with Gasteiger partial charge in [-0.2, -0.15) is 0 Å². The van der Waals surface area contributed by atoms with Crippen molar-refractivity contribution in [3.63, 3.8) is 0 Å². The number of methoxy groups -OCH3 is 3. The number of hydrogen-bond acceptors (Lipinski definition) is 7. The van der Waals surface area contributed by atoms with Crippen LogP contribution in [-0.2, 0) is 23.8 Å². The molecule has 0 atom stereocenters. The normalized spacial score (nSPS) is 13.3. The highest BCUT2D eigenvalue weighted by Crippen LogP contribution is 2.35. The first-order valence-corrected chi connectivity index (χ1v) is 7.86. The van der Waals surface area contributed by atoms with E-state index in [2.05, 4.69) is 4.74 Å². The molecule has 0 bridgehead atoms. The fourth-order valence-corrected chi connectivity index (χ4v) is 2.69. The van der Waals surface area contributed by atoms with Crippen LogP contribution in [0.2, 0.25) is 5.02 Å². The van der Waals surface area contributed by atoms with Crippen molar-refractivity contribution in [3.8, 4) is 0 Å². The summed E-state index contributed by atoms with van der Waals surface area (Å²) in [6.45, 7) is 0. The number of halogens is 2. The van der Waals surface area contributed by atoms with Gasteiger partial charge in [-0.25, -0.2) is 18.8 Å². The number of esters is 3. The van der Waals surface area contributed by atoms with E-state index in [0.717, 1.165) is 27.4 Å². The number of carbonyl (C=O) groups is 3. The van der Waals surface area contributed by atoms with Crippen molar-refractivity contribution in [1.82, 2.24) is 0 Å². The largest absolute Gasteiger partial charge is 0.465 e. The van der Waals surface area contributed by atoms with Crippen molar-refractivity contribution in [2.75, 3.05) is 26.2 Å². The molecule has 27 heavy (non-hydrogen) atoms. The van der Waals surface area contributed by atoms with E-state index in [-0.39, 0.29) is 22.0 Å². The first kappa shape index (κ1) is 20.2. The van der Waals surface area contributed by atoms with Gasteiger partial charge in [-0.1, -0.05) is 17.7 Å². The van der Waals surface area contributed by atoms with Crippen LogP contribution in [0.25, 0.3) is 0 Å². The minimum absolute atomic E-state index is 0.0558. The van der Waals surface area contributed by atoms with Gasteiger partial charge < -0.3 is 19.1 Å². The number of benzene rings is 1. The molecule has 1 aliphatic rings. The Hall–Kier alpha value is -3.13. The second kappa shape index (κ2) is 8.50. The lowest BCUT2D eigenvalue weighted by molar-refractivity contribution is -0.139. The fourth-order valence-electron chi connectivity index (χ4n) is 2.37. The second-order valence-electron chi connectivity index (χ2n) is 5.06. The predicted molar refractivity (Wildman–Crippen MR) is 94.6 cm³/mol. The van der Waals surface area contributed by atoms with E-state index in [1.807, 2.05) is 0 Å². The Morgan fingerprint density at radius 3 is 2.19 bits per heavy atom. The molecule has 0 fully saturated rings. The van der Waals surface area contributed by atoms with Crippen LogP contribution < -0.4 is 4.90 Å². The summed E-state index contributed by atoms with van der Waals surface area (Å²) >= 11 is 6.22. The third-order valence-electron chi connectivity index (χ3n) is 3.61. The van der Waals surface area contributed by atoms with Crippen LogP contribution in [0.5, 0.6) is 0 Å². The molecule has 1 aromatic carbocycles. The third-order valence-corrected chi connectivity index (χ3v) is 3.99. The molecule has 1 aliphatic heterocycles. The highest BCUT2D eigenvalue weighted by atomic mass is 35.5. The first-order valence-electron chi connectivity index (χ1n) is 7.48. The molecule has 9 heteroatoms. The molecule has 0 saturated heterocycles. The summed E-state index contributed by atoms with van der Waals surface area (Å²) in [5.74, 6) is -3.56. The number of anilines is 1. The maximum absolute atomic E-state index is 14.1. The molecule has 0 aromatic heterocycles. The predicted octanol–water partition coefficient (Wildman–Crippen LogP) is 2.76. The number of rotatable bonds is 4. The summed E-state index contributed by atoms with van der Waals surface area (Å²) in [5, 5.41) is -0.306. The van der Waals surface area contributed by atoms with Crippen molar-refractivity contribution in [2.45, 2.75) is 0 Å². The van der Waals surface area contributed by atoms with Crippen LogP contribution >= 0.6 is 11.6 Å². The minimum Gasteiger partial charge on any atom is -0.465 e. The molecule has 1 heterocycles. The Morgan fingerprint density at radius 1 is 0.963 bits per heavy atom. The van der Waals surface area contributed by atoms with Crippen molar-refractivity contribution in [1.29, 1.82) is 0 Å². The monoisotopic (exact) mass is 395 g/mol. The zero-order chi connectivity index (χ0) is 20.1. The van der Waals surface area contributed by atoms with Gasteiger partial charge >= 0.3 is 17.9 Å². The fraction of sp³-hybridized carbons (Fsp3) is 0.167. The lowest BCUT2D eigenvalue weighted by atomic mass is 10.1. The van der Waals surface area contributed by atoms with Gasteiger partial charge in [0.05, 0.1) is 37.6 Å². The Kier molecular flexibility index (Phi) is 6.36. The van der Waals surface area contributed by atoms with E-state index in [1.54, 1.807) is 0 Å². The average Bonchev–Trinajstić information content (AvgIpc) is 2.89. The number of ether oxygens (including phenoxy) is 3. The van der Waals surface area contributed by atoms with Crippen LogP contribution in [0.4, 0.5) is 10.1 Å². The molecule has 0 spiro atoms. The number of hydrogen-bond donors (Lipinski definition) is 0. The zero-order valence-electron chi connectivity index (χ0n) is 14.6. The van der Waals surface area contributed by atoms with E-state index in [0.29, 0.717) is 0 Å². The molecule has 0 radical (unpaired) electrons. The van der Waals surface area contributed by atoms with Gasteiger partial charge in [-0.3, -0.25) is 0 Å². The summed E-state index contributed by atoms with van der Waals surface area (Å²) in [6.07, 6.45) is 5.76. The van der Waals surface area contributed by atoms with E-state index in [1.165, 1.54) is 35.4 Å². The smallest absolute Gasteiger partial charge is 0.355 e. The van der Waals surface area contributed by atoms with Crippen molar-refractivity contribution in [2.24, 2.45) is 0 Å². The van der Waals surface area contributed by atoms with Crippen molar-refractivity contribution >= 4 is 35.2 Å². The molecule has 0 aliphatic carbocycles. The Labute approximate surface area is 159 Å². The summed E-state index contributed by atoms with van der Waals surface area (Å²) < 4.78 is 28.1. The molecular formula is C18H15ClFNO6. The Balaban J connectivity index is 2.77. The summed E-state index contributed by atoms with van der Waals surface area (Å²) in [5.41, 5.74) is -0.792. The topological polar surface area (TPSA) is 82.1 Å². The molecule has 0 unspecified atom stereocenters. The first-order chi connectivity index (χ1) is 12.9. The van der Waals surface area contributed by atoms with Crippen LogP contribution in [-0.4, -0.2) is 39.2 Å². The maximum atomic E-state index is 14.1. The van der Waals surface area contributed by atoms with Crippen LogP contribution in [0.1, 0.15) is 10.4 Å². The van der Waals surface area contributed by atoms with E-state index in [9.17, 15) is 18.8 Å². The van der Waals surface area contributed by atoms with Gasteiger partial charge in [0.25, 0.3) is 0 Å². The molecular weight excluding hydrogens is 381 g/mol. The molecule has 1 aromatic rings. The van der Waals surface area contributed by atoms with Crippen LogP contribution in [0, 0.1) is 5.82 Å². The molecule has 0 saturated carbocycles. The van der Waals surface area contributed by atoms with Crippen LogP contribution in [0.3, 0.4) is 0 Å². The summed E-state index contributed by atoms with van der Waals surface area (Å²) in [6, 6.07) is 2.24. The SMILES string of the molecule is COC(=O)C1=C(C(=O)OC)N(c2ccc(F)c(C(=O)OC)c2Cl)C=CC=C1. The lowest BCUT2D eigenvalue weighted by Gasteiger charge is -2.24. The summed E-state index contributed by atoms with van der Waals surface area (Å²) in [4.78, 5) is 37.6. The molecule has 2 rings (SSSR count). The quantitative estimate of drug-likeness (QED) is 0.572. The van der Waals surface area contributed by atoms with E-state index < -0.39 is 29.3 Å². The van der Waals surface area contributed by atoms with Gasteiger partial charge in [-0.05, 0) is 24.3 Å². The highest BCUT2D eigenvalue weighted by Gasteiger charge is 2.30. The Morgan fingerprint density at radius 2 is 1.59 bits per heavy atom. The maximum Gasteiger partial charge on any atom is 0.355 e. The van der Waals surface area contributed by atoms with Gasteiger partial charge in [-0.15, -0.1) is 0 Å². The van der Waals surface area contributed by atoms with Gasteiger partial charge in [0.2, 0.25) is 0 Å². The van der Waals surface area contributed by atoms with Crippen LogP contribution in [0.15, 0.2) is 47.8 Å². The van der Waals surface area contributed by atoms with E-state index >= 15 is 0 Å². The highest BCUT2D eigenvalue weighted by molar-refractivity contribution is 6.36. The minimum atomic E-state index is -0.993. The van der Waals surface area contributed by atoms with Crippen molar-refractivity contribution < 1.29 is 33.0 Å². The van der Waals surface area contributed by atoms with Crippen molar-refractivity contribution in [3.05, 3.63) is 64.2 Å². The van der Waals surface area contributed by atoms with Gasteiger partial charge in [0, 0.05) is 6.20 Å². The lowest BCUT2D eigenvalue weighted by Crippen LogP contribution is -2.27. The summed E-state index contributed by atoms with van der Waals surface area (Å²) in [7, 11) is 3.36. The average molecular weight is 396 g/mol. The van der Waals surface area contributed by atoms with Gasteiger partial charge in [0.15, 0.2) is 0 Å². The molecule has 0 amide bonds. The zero-order valence-corrected chi connectivity index (χ0v) is 15.4. The number of carbonyl (C=O) groups excluding carboxylic acids is 3. The molecule has 7 nitrogen and oxygen atoms in total. The van der Waals surface area contributed by atoms with Gasteiger partial charge in [0.1, 0.15) is 17.1 Å². The Bertz CT molecular complexity index is 890. The number of nitrogens with zero attached hydrogens (tertiary/aromatic N) is 1. The number of allylic oxidation sites excluding steroid dienone is 2. The standard InChI is InChI=1S/C18H15ClFNO6/c1-25-16(22)10-6-4-5-9-21(15(10)18(24)27-3)12-8-7-11(20)13(14(12)19)17(23)26-2/h4-9H,1-3H3. The second-order valence-corrected chi connectivity index (χ2v) is 5.44. The molecule has 0 N–H and O–H groups in total.